The van der Waals surface area contributed by atoms with Crippen molar-refractivity contribution in [3.05, 3.63) is 0 Å². The second-order valence-electron chi connectivity index (χ2n) is 8.01. The lowest BCUT2D eigenvalue weighted by Crippen LogP contribution is -2.70. The quantitative estimate of drug-likeness (QED) is 0.721. The molecule has 0 radical (unpaired) electrons. The normalized spacial score (nSPS) is 26.8. The minimum atomic E-state index is -2.10. The molecule has 1 spiro atoms. The molecule has 136 valence electrons. The summed E-state index contributed by atoms with van der Waals surface area (Å²) in [6.45, 7) is 8.12. The van der Waals surface area contributed by atoms with Crippen LogP contribution >= 0.6 is 0 Å². The third-order valence-electron chi connectivity index (χ3n) is 4.91. The summed E-state index contributed by atoms with van der Waals surface area (Å²) in [7, 11) is 0. The summed E-state index contributed by atoms with van der Waals surface area (Å²) in [6.07, 6.45) is 0.663. The number of hydrogen-bond donors (Lipinski definition) is 2. The lowest BCUT2D eigenvalue weighted by atomic mass is 9.75. The van der Waals surface area contributed by atoms with Gasteiger partial charge in [0.15, 0.2) is 5.79 Å². The molecule has 2 aliphatic rings. The van der Waals surface area contributed by atoms with E-state index in [1.54, 1.807) is 4.90 Å². The average Bonchev–Trinajstić information content (AvgIpc) is 2.34. The maximum Gasteiger partial charge on any atom is 0.325 e. The molecule has 2 fully saturated rings. The third kappa shape index (κ3) is 2.77. The molecular weight excluding hydrogens is 318 g/mol. The van der Waals surface area contributed by atoms with Gasteiger partial charge in [0.25, 0.3) is 0 Å². The molecule has 24 heavy (non-hydrogen) atoms. The first-order valence-corrected chi connectivity index (χ1v) is 7.84. The molecule has 0 aromatic rings. The molecule has 0 aromatic heterocycles. The second-order valence-corrected chi connectivity index (χ2v) is 8.01. The maximum atomic E-state index is 12.1. The van der Waals surface area contributed by atoms with Gasteiger partial charge in [0.2, 0.25) is 11.3 Å². The Morgan fingerprint density at radius 1 is 0.875 bits per heavy atom. The number of carboxylic acid groups (broad SMARTS) is 2. The summed E-state index contributed by atoms with van der Waals surface area (Å²) in [6, 6.07) is 0. The summed E-state index contributed by atoms with van der Waals surface area (Å²) in [5.41, 5.74) is -3.27. The molecule has 8 heteroatoms. The van der Waals surface area contributed by atoms with Crippen molar-refractivity contribution in [2.24, 2.45) is 5.41 Å². The average molecular weight is 343 g/mol. The molecule has 2 rings (SSSR count). The van der Waals surface area contributed by atoms with E-state index in [9.17, 15) is 24.6 Å². The van der Waals surface area contributed by atoms with E-state index in [4.69, 9.17) is 9.47 Å². The molecule has 0 saturated carbocycles. The number of ether oxygens (including phenoxy) is 2. The van der Waals surface area contributed by atoms with Crippen molar-refractivity contribution in [1.29, 1.82) is 0 Å². The fraction of sp³-hybridized carbons (Fsp3) is 0.812. The summed E-state index contributed by atoms with van der Waals surface area (Å²) in [4.78, 5) is 36.6. The molecule has 0 atom stereocenters. The number of piperidine rings is 1. The van der Waals surface area contributed by atoms with Crippen molar-refractivity contribution in [3.63, 3.8) is 0 Å². The van der Waals surface area contributed by atoms with Crippen LogP contribution in [-0.2, 0) is 23.9 Å². The van der Waals surface area contributed by atoms with Crippen LogP contribution in [0.25, 0.3) is 0 Å². The maximum absolute atomic E-state index is 12.1. The molecule has 1 amide bonds. The fourth-order valence-corrected chi connectivity index (χ4v) is 4.35. The zero-order valence-electron chi connectivity index (χ0n) is 14.7. The molecule has 0 unspecified atom stereocenters. The lowest BCUT2D eigenvalue weighted by Gasteiger charge is -2.59. The highest BCUT2D eigenvalue weighted by Crippen LogP contribution is 2.48. The number of carbonyl (C=O) groups is 3. The van der Waals surface area contributed by atoms with Gasteiger partial charge in [0.05, 0.1) is 13.2 Å². The number of nitrogens with zero attached hydrogens (tertiary/aromatic N) is 1. The van der Waals surface area contributed by atoms with E-state index in [0.29, 0.717) is 12.8 Å². The highest BCUT2D eigenvalue weighted by atomic mass is 16.7. The van der Waals surface area contributed by atoms with Crippen molar-refractivity contribution >= 4 is 17.8 Å². The molecular formula is C16H25NO7. The van der Waals surface area contributed by atoms with E-state index in [0.717, 1.165) is 0 Å². The Labute approximate surface area is 140 Å². The van der Waals surface area contributed by atoms with Crippen LogP contribution in [0.2, 0.25) is 0 Å². The van der Waals surface area contributed by atoms with Crippen LogP contribution in [-0.4, -0.2) is 63.0 Å². The van der Waals surface area contributed by atoms with Crippen LogP contribution in [0, 0.1) is 5.41 Å². The molecule has 2 heterocycles. The van der Waals surface area contributed by atoms with E-state index in [2.05, 4.69) is 0 Å². The van der Waals surface area contributed by atoms with Crippen LogP contribution in [0.4, 0.5) is 0 Å². The summed E-state index contributed by atoms with van der Waals surface area (Å²) in [5, 5.41) is 18.5. The van der Waals surface area contributed by atoms with E-state index in [-0.39, 0.29) is 5.91 Å². The topological polar surface area (TPSA) is 113 Å². The van der Waals surface area contributed by atoms with Gasteiger partial charge in [0.1, 0.15) is 0 Å². The van der Waals surface area contributed by atoms with Gasteiger partial charge in [-0.15, -0.1) is 0 Å². The highest BCUT2D eigenvalue weighted by Gasteiger charge is 2.61. The van der Waals surface area contributed by atoms with Crippen molar-refractivity contribution in [2.45, 2.75) is 64.3 Å². The standard InChI is InChI=1S/C16H25NO7/c1-10(18)17-13(2,3)6-16(7-14(17,4)5)23-8-15(9-24-16,11(19)20)12(21)22/h6-9H2,1-5H3,(H,19,20)(H,21,22). The Morgan fingerprint density at radius 3 is 1.54 bits per heavy atom. The molecule has 2 saturated heterocycles. The van der Waals surface area contributed by atoms with Gasteiger partial charge in [-0.3, -0.25) is 14.4 Å². The van der Waals surface area contributed by atoms with Crippen LogP contribution in [0.5, 0.6) is 0 Å². The first-order chi connectivity index (χ1) is 10.8. The second kappa shape index (κ2) is 5.42. The predicted octanol–water partition coefficient (Wildman–Crippen LogP) is 1.08. The van der Waals surface area contributed by atoms with Crippen LogP contribution in [0.3, 0.4) is 0 Å². The smallest absolute Gasteiger partial charge is 0.325 e. The predicted molar refractivity (Wildman–Crippen MR) is 82.3 cm³/mol. The largest absolute Gasteiger partial charge is 0.480 e. The Kier molecular flexibility index (Phi) is 4.22. The molecule has 8 nitrogen and oxygen atoms in total. The van der Waals surface area contributed by atoms with Gasteiger partial charge >= 0.3 is 11.9 Å². The summed E-state index contributed by atoms with van der Waals surface area (Å²) in [5.74, 6) is -4.14. The van der Waals surface area contributed by atoms with Crippen molar-refractivity contribution in [3.8, 4) is 0 Å². The fourth-order valence-electron chi connectivity index (χ4n) is 4.35. The van der Waals surface area contributed by atoms with Crippen LogP contribution in [0.1, 0.15) is 47.5 Å². The van der Waals surface area contributed by atoms with Gasteiger partial charge in [-0.2, -0.15) is 0 Å². The van der Waals surface area contributed by atoms with E-state index < -0.39 is 47.4 Å². The number of carboxylic acids is 2. The third-order valence-corrected chi connectivity index (χ3v) is 4.91. The minimum absolute atomic E-state index is 0.0684. The van der Waals surface area contributed by atoms with Gasteiger partial charge in [-0.05, 0) is 27.7 Å². The van der Waals surface area contributed by atoms with Crippen molar-refractivity contribution < 1.29 is 34.1 Å². The first-order valence-electron chi connectivity index (χ1n) is 7.84. The van der Waals surface area contributed by atoms with Crippen LogP contribution < -0.4 is 0 Å². The number of hydrogen-bond acceptors (Lipinski definition) is 5. The summed E-state index contributed by atoms with van der Waals surface area (Å²) >= 11 is 0. The van der Waals surface area contributed by atoms with E-state index in [1.165, 1.54) is 6.92 Å². The molecule has 2 aliphatic heterocycles. The molecule has 0 aliphatic carbocycles. The number of carbonyl (C=O) groups excluding carboxylic acids is 1. The molecule has 0 bridgehead atoms. The summed E-state index contributed by atoms with van der Waals surface area (Å²) < 4.78 is 11.4. The Hall–Kier alpha value is -1.67. The zero-order chi connectivity index (χ0) is 18.6. The Morgan fingerprint density at radius 2 is 1.25 bits per heavy atom. The number of likely N-dealkylation sites (tertiary alicyclic amines) is 1. The van der Waals surface area contributed by atoms with Crippen LogP contribution in [0.15, 0.2) is 0 Å². The van der Waals surface area contributed by atoms with Gasteiger partial charge in [-0.25, -0.2) is 0 Å². The van der Waals surface area contributed by atoms with Crippen molar-refractivity contribution in [1.82, 2.24) is 4.90 Å². The minimum Gasteiger partial charge on any atom is -0.480 e. The lowest BCUT2D eigenvalue weighted by molar-refractivity contribution is -0.333. The zero-order valence-corrected chi connectivity index (χ0v) is 14.7. The Bertz CT molecular complexity index is 537. The van der Waals surface area contributed by atoms with Gasteiger partial charge in [-0.1, -0.05) is 0 Å². The number of rotatable bonds is 2. The number of aliphatic carboxylic acids is 2. The monoisotopic (exact) mass is 343 g/mol. The van der Waals surface area contributed by atoms with E-state index >= 15 is 0 Å². The number of amides is 1. The SMILES string of the molecule is CC(=O)N1C(C)(C)CC2(CC1(C)C)OCC(C(=O)O)(C(=O)O)CO2. The van der Waals surface area contributed by atoms with E-state index in [1.807, 2.05) is 27.7 Å². The molecule has 2 N–H and O–H groups in total. The van der Waals surface area contributed by atoms with Gasteiger partial charge < -0.3 is 24.6 Å². The first kappa shape index (κ1) is 18.7. The highest BCUT2D eigenvalue weighted by molar-refractivity contribution is 5.98. The van der Waals surface area contributed by atoms with Crippen molar-refractivity contribution in [2.75, 3.05) is 13.2 Å². The van der Waals surface area contributed by atoms with Gasteiger partial charge in [0, 0.05) is 30.8 Å². The Balaban J connectivity index is 2.31. The molecule has 0 aromatic carbocycles.